The highest BCUT2D eigenvalue weighted by atomic mass is 32.2. The van der Waals surface area contributed by atoms with E-state index in [2.05, 4.69) is 0 Å². The smallest absolute Gasteiger partial charge is 0.321 e. The number of hydrogen-bond donors (Lipinski definition) is 3. The van der Waals surface area contributed by atoms with Crippen LogP contribution in [0.2, 0.25) is 0 Å². The molecule has 0 aromatic carbocycles. The van der Waals surface area contributed by atoms with Crippen molar-refractivity contribution in [1.29, 1.82) is 0 Å². The predicted molar refractivity (Wildman–Crippen MR) is 74.1 cm³/mol. The number of nitrogens with two attached hydrogens (primary N) is 1. The summed E-state index contributed by atoms with van der Waals surface area (Å²) in [6, 6.07) is -0.806. The third kappa shape index (κ3) is 4.70. The Bertz CT molecular complexity index is 283. The van der Waals surface area contributed by atoms with Gasteiger partial charge in [0.05, 0.1) is 5.92 Å². The lowest BCUT2D eigenvalue weighted by atomic mass is 9.99. The minimum absolute atomic E-state index is 0.331. The zero-order chi connectivity index (χ0) is 13.7. The molecule has 4 N–H and O–H groups in total. The van der Waals surface area contributed by atoms with Crippen LogP contribution in [0.4, 0.5) is 0 Å². The summed E-state index contributed by atoms with van der Waals surface area (Å²) >= 11 is 3.27. The number of aliphatic carboxylic acids is 2. The maximum Gasteiger partial charge on any atom is 0.321 e. The van der Waals surface area contributed by atoms with E-state index in [0.29, 0.717) is 22.0 Å². The van der Waals surface area contributed by atoms with Crippen molar-refractivity contribution in [2.24, 2.45) is 11.7 Å². The van der Waals surface area contributed by atoms with Gasteiger partial charge < -0.3 is 15.9 Å². The van der Waals surface area contributed by atoms with E-state index in [1.165, 1.54) is 0 Å². The summed E-state index contributed by atoms with van der Waals surface area (Å²) in [5.74, 6) is -1.03. The maximum absolute atomic E-state index is 10.7. The van der Waals surface area contributed by atoms with Crippen molar-refractivity contribution in [1.82, 2.24) is 0 Å². The van der Waals surface area contributed by atoms with Crippen molar-refractivity contribution in [2.45, 2.75) is 36.3 Å². The fourth-order valence-corrected chi connectivity index (χ4v) is 4.51. The standard InChI is InChI=1S/C11H19NO4S2/c1-6(10(13)14)4-17-8-2-3-9(8)18-5-7(12)11(15)16/h6-9H,2-5,12H2,1H3,(H,13,14)(H,15,16). The van der Waals surface area contributed by atoms with E-state index < -0.39 is 18.0 Å². The molecule has 18 heavy (non-hydrogen) atoms. The van der Waals surface area contributed by atoms with Crippen molar-refractivity contribution < 1.29 is 19.8 Å². The van der Waals surface area contributed by atoms with Crippen LogP contribution in [0.25, 0.3) is 0 Å². The Morgan fingerprint density at radius 3 is 2.06 bits per heavy atom. The predicted octanol–water partition coefficient (Wildman–Crippen LogP) is 1.12. The van der Waals surface area contributed by atoms with Crippen LogP contribution in [0.3, 0.4) is 0 Å². The number of rotatable bonds is 8. The zero-order valence-electron chi connectivity index (χ0n) is 10.2. The Kier molecular flexibility index (Phi) is 6.31. The van der Waals surface area contributed by atoms with Gasteiger partial charge in [-0.2, -0.15) is 23.5 Å². The van der Waals surface area contributed by atoms with E-state index in [1.54, 1.807) is 30.4 Å². The molecule has 5 nitrogen and oxygen atoms in total. The highest BCUT2D eigenvalue weighted by molar-refractivity contribution is 8.04. The van der Waals surface area contributed by atoms with Crippen LogP contribution in [-0.2, 0) is 9.59 Å². The lowest BCUT2D eigenvalue weighted by molar-refractivity contribution is -0.140. The third-order valence-corrected chi connectivity index (χ3v) is 6.34. The molecule has 0 aromatic heterocycles. The second kappa shape index (κ2) is 7.25. The third-order valence-electron chi connectivity index (χ3n) is 2.94. The molecule has 4 atom stereocenters. The molecule has 1 rings (SSSR count). The first-order valence-corrected chi connectivity index (χ1v) is 7.96. The monoisotopic (exact) mass is 293 g/mol. The molecule has 0 aliphatic heterocycles. The molecule has 0 radical (unpaired) electrons. The molecule has 1 fully saturated rings. The number of carboxylic acids is 2. The molecule has 1 aliphatic carbocycles. The summed E-state index contributed by atoms with van der Waals surface area (Å²) in [4.78, 5) is 21.3. The van der Waals surface area contributed by atoms with E-state index in [1.807, 2.05) is 0 Å². The van der Waals surface area contributed by atoms with Crippen LogP contribution < -0.4 is 5.73 Å². The lowest BCUT2D eigenvalue weighted by Crippen LogP contribution is -2.37. The Balaban J connectivity index is 2.21. The van der Waals surface area contributed by atoms with E-state index in [4.69, 9.17) is 15.9 Å². The molecule has 0 amide bonds. The zero-order valence-corrected chi connectivity index (χ0v) is 11.9. The van der Waals surface area contributed by atoms with Gasteiger partial charge in [0.15, 0.2) is 0 Å². The van der Waals surface area contributed by atoms with E-state index >= 15 is 0 Å². The molecule has 7 heteroatoms. The van der Waals surface area contributed by atoms with Gasteiger partial charge >= 0.3 is 11.9 Å². The van der Waals surface area contributed by atoms with Crippen molar-refractivity contribution in [3.8, 4) is 0 Å². The van der Waals surface area contributed by atoms with Crippen LogP contribution >= 0.6 is 23.5 Å². The Labute approximate surface area is 115 Å². The van der Waals surface area contributed by atoms with Gasteiger partial charge in [-0.25, -0.2) is 0 Å². The lowest BCUT2D eigenvalue weighted by Gasteiger charge is -2.36. The van der Waals surface area contributed by atoms with Gasteiger partial charge in [0.25, 0.3) is 0 Å². The molecule has 0 aromatic rings. The minimum Gasteiger partial charge on any atom is -0.481 e. The highest BCUT2D eigenvalue weighted by Gasteiger charge is 2.33. The number of hydrogen-bond acceptors (Lipinski definition) is 5. The Morgan fingerprint density at radius 1 is 1.17 bits per heavy atom. The number of carbonyl (C=O) groups is 2. The van der Waals surface area contributed by atoms with Crippen LogP contribution in [0.5, 0.6) is 0 Å². The van der Waals surface area contributed by atoms with E-state index in [0.717, 1.165) is 12.8 Å². The number of thioether (sulfide) groups is 2. The van der Waals surface area contributed by atoms with Gasteiger partial charge in [-0.05, 0) is 12.8 Å². The summed E-state index contributed by atoms with van der Waals surface area (Å²) in [5, 5.41) is 18.3. The van der Waals surface area contributed by atoms with Gasteiger partial charge in [-0.15, -0.1) is 0 Å². The SMILES string of the molecule is CC(CSC1CCC1SCC(N)C(=O)O)C(=O)O. The topological polar surface area (TPSA) is 101 Å². The summed E-state index contributed by atoms with van der Waals surface area (Å²) in [6.07, 6.45) is 2.15. The first kappa shape index (κ1) is 15.7. The minimum atomic E-state index is -0.967. The molecule has 1 aliphatic rings. The average Bonchev–Trinajstić information content (AvgIpc) is 2.27. The fraction of sp³-hybridized carbons (Fsp3) is 0.818. The van der Waals surface area contributed by atoms with Gasteiger partial charge in [0, 0.05) is 22.0 Å². The molecule has 4 unspecified atom stereocenters. The van der Waals surface area contributed by atoms with Gasteiger partial charge in [-0.3, -0.25) is 9.59 Å². The van der Waals surface area contributed by atoms with Gasteiger partial charge in [0.1, 0.15) is 6.04 Å². The van der Waals surface area contributed by atoms with Gasteiger partial charge in [-0.1, -0.05) is 6.92 Å². The van der Waals surface area contributed by atoms with Crippen molar-refractivity contribution in [2.75, 3.05) is 11.5 Å². The van der Waals surface area contributed by atoms with Crippen molar-refractivity contribution >= 4 is 35.5 Å². The van der Waals surface area contributed by atoms with Crippen molar-refractivity contribution in [3.05, 3.63) is 0 Å². The summed E-state index contributed by atoms with van der Waals surface area (Å²) in [5.41, 5.74) is 5.45. The van der Waals surface area contributed by atoms with Crippen LogP contribution in [0.1, 0.15) is 19.8 Å². The quantitative estimate of drug-likeness (QED) is 0.616. The summed E-state index contributed by atoms with van der Waals surface area (Å²) in [6.45, 7) is 1.70. The largest absolute Gasteiger partial charge is 0.481 e. The normalized spacial score (nSPS) is 26.1. The molecule has 1 saturated carbocycles. The van der Waals surface area contributed by atoms with Crippen LogP contribution in [0, 0.1) is 5.92 Å². The maximum atomic E-state index is 10.7. The molecular formula is C11H19NO4S2. The second-order valence-corrected chi connectivity index (χ2v) is 7.05. The highest BCUT2D eigenvalue weighted by Crippen LogP contribution is 2.40. The fourth-order valence-electron chi connectivity index (χ4n) is 1.46. The van der Waals surface area contributed by atoms with E-state index in [-0.39, 0.29) is 5.92 Å². The summed E-state index contributed by atoms with van der Waals surface area (Å²) in [7, 11) is 0. The average molecular weight is 293 g/mol. The van der Waals surface area contributed by atoms with Crippen LogP contribution in [0.15, 0.2) is 0 Å². The molecule has 0 heterocycles. The molecule has 104 valence electrons. The first-order chi connectivity index (χ1) is 8.41. The Morgan fingerprint density at radius 2 is 1.67 bits per heavy atom. The summed E-state index contributed by atoms with van der Waals surface area (Å²) < 4.78 is 0. The number of carboxylic acid groups (broad SMARTS) is 2. The molecule has 0 spiro atoms. The molecule has 0 saturated heterocycles. The van der Waals surface area contributed by atoms with Gasteiger partial charge in [0.2, 0.25) is 0 Å². The second-order valence-electron chi connectivity index (χ2n) is 4.50. The Hall–Kier alpha value is -0.400. The molecule has 0 bridgehead atoms. The van der Waals surface area contributed by atoms with Crippen molar-refractivity contribution in [3.63, 3.8) is 0 Å². The van der Waals surface area contributed by atoms with Crippen LogP contribution in [-0.4, -0.2) is 50.2 Å². The molecular weight excluding hydrogens is 274 g/mol. The first-order valence-electron chi connectivity index (χ1n) is 5.86. The van der Waals surface area contributed by atoms with E-state index in [9.17, 15) is 9.59 Å².